The van der Waals surface area contributed by atoms with Gasteiger partial charge in [-0.2, -0.15) is 0 Å². The van der Waals surface area contributed by atoms with Crippen molar-refractivity contribution in [3.63, 3.8) is 0 Å². The van der Waals surface area contributed by atoms with Gasteiger partial charge in [0.1, 0.15) is 5.92 Å². The van der Waals surface area contributed by atoms with Crippen molar-refractivity contribution in [2.45, 2.75) is 32.5 Å². The smallest absolute Gasteiger partial charge is 0.310 e. The lowest BCUT2D eigenvalue weighted by Gasteiger charge is -2.28. The Labute approximate surface area is 129 Å². The number of benzene rings is 1. The molecule has 116 valence electrons. The molecular weight excluding hydrogens is 282 g/mol. The van der Waals surface area contributed by atoms with Gasteiger partial charge in [-0.1, -0.05) is 29.8 Å². The number of anilines is 1. The van der Waals surface area contributed by atoms with Gasteiger partial charge in [-0.15, -0.1) is 0 Å². The van der Waals surface area contributed by atoms with Crippen LogP contribution in [0.5, 0.6) is 0 Å². The van der Waals surface area contributed by atoms with Crippen LogP contribution in [0.1, 0.15) is 18.1 Å². The van der Waals surface area contributed by atoms with Gasteiger partial charge in [-0.3, -0.25) is 9.59 Å². The van der Waals surface area contributed by atoms with Crippen LogP contribution < -0.4 is 5.32 Å². The Hall–Kier alpha value is -2.14. The summed E-state index contributed by atoms with van der Waals surface area (Å²) in [6, 6.07) is 5.73. The lowest BCUT2D eigenvalue weighted by atomic mass is 9.75. The third-order valence-corrected chi connectivity index (χ3v) is 4.54. The Balaban J connectivity index is 1.88. The van der Waals surface area contributed by atoms with Crippen molar-refractivity contribution in [2.75, 3.05) is 5.32 Å². The molecule has 1 amide bonds. The van der Waals surface area contributed by atoms with E-state index in [0.717, 1.165) is 11.1 Å². The molecule has 0 spiro atoms. The van der Waals surface area contributed by atoms with Crippen molar-refractivity contribution in [3.8, 4) is 0 Å². The van der Waals surface area contributed by atoms with Gasteiger partial charge in [0.15, 0.2) is 0 Å². The predicted octanol–water partition coefficient (Wildman–Crippen LogP) is 2.29. The Morgan fingerprint density at radius 2 is 2.05 bits per heavy atom. The Morgan fingerprint density at radius 1 is 1.32 bits per heavy atom. The van der Waals surface area contributed by atoms with Crippen molar-refractivity contribution in [1.82, 2.24) is 0 Å². The van der Waals surface area contributed by atoms with E-state index in [1.807, 2.05) is 32.0 Å². The van der Waals surface area contributed by atoms with Gasteiger partial charge in [0.25, 0.3) is 0 Å². The van der Waals surface area contributed by atoms with Crippen LogP contribution in [0.4, 0.5) is 5.69 Å². The van der Waals surface area contributed by atoms with Crippen LogP contribution in [0.3, 0.4) is 0 Å². The fourth-order valence-electron chi connectivity index (χ4n) is 3.44. The highest BCUT2D eigenvalue weighted by atomic mass is 16.5. The summed E-state index contributed by atoms with van der Waals surface area (Å²) in [5.74, 6) is -2.89. The van der Waals surface area contributed by atoms with E-state index in [1.165, 1.54) is 0 Å². The molecule has 2 aliphatic rings. The first-order valence-corrected chi connectivity index (χ1v) is 7.30. The topological polar surface area (TPSA) is 75.6 Å². The molecule has 1 saturated heterocycles. The van der Waals surface area contributed by atoms with E-state index in [4.69, 9.17) is 4.74 Å². The molecule has 4 atom stereocenters. The number of hydrogen-bond donors (Lipinski definition) is 2. The summed E-state index contributed by atoms with van der Waals surface area (Å²) in [6.45, 7) is 5.66. The molecule has 1 aromatic rings. The molecule has 2 N–H and O–H groups in total. The first-order chi connectivity index (χ1) is 10.3. The van der Waals surface area contributed by atoms with Crippen LogP contribution in [-0.4, -0.2) is 28.7 Å². The van der Waals surface area contributed by atoms with Gasteiger partial charge in [0, 0.05) is 5.69 Å². The standard InChI is InChI=1S/C17H19NO4/c1-9-4-5-11(10(2)8-9)18-15(19)14-13(16(20)21)12-6-7-17(14,3)22-12/h4-8,12-14H,1-3H3,(H,18,19)(H,20,21)/t12-,13-,14+,17-/m1/s1. The van der Waals surface area contributed by atoms with Gasteiger partial charge < -0.3 is 15.2 Å². The first kappa shape index (κ1) is 14.8. The number of aryl methyl sites for hydroxylation is 2. The van der Waals surface area contributed by atoms with Crippen molar-refractivity contribution < 1.29 is 19.4 Å². The monoisotopic (exact) mass is 301 g/mol. The quantitative estimate of drug-likeness (QED) is 0.840. The molecule has 2 heterocycles. The maximum Gasteiger partial charge on any atom is 0.310 e. The third kappa shape index (κ3) is 2.22. The Kier molecular flexibility index (Phi) is 3.33. The normalized spacial score (nSPS) is 32.2. The molecule has 1 fully saturated rings. The summed E-state index contributed by atoms with van der Waals surface area (Å²) < 4.78 is 5.70. The zero-order chi connectivity index (χ0) is 16.1. The summed E-state index contributed by atoms with van der Waals surface area (Å²) in [5.41, 5.74) is 1.91. The molecule has 0 aromatic heterocycles. The second-order valence-corrected chi connectivity index (χ2v) is 6.27. The number of carbonyl (C=O) groups is 2. The third-order valence-electron chi connectivity index (χ3n) is 4.54. The number of ether oxygens (including phenoxy) is 1. The van der Waals surface area contributed by atoms with Gasteiger partial charge in [-0.25, -0.2) is 0 Å². The molecule has 2 aliphatic heterocycles. The molecule has 0 radical (unpaired) electrons. The van der Waals surface area contributed by atoms with Crippen molar-refractivity contribution in [2.24, 2.45) is 11.8 Å². The minimum atomic E-state index is -1.00. The van der Waals surface area contributed by atoms with Gasteiger partial charge in [-0.05, 0) is 32.4 Å². The lowest BCUT2D eigenvalue weighted by molar-refractivity contribution is -0.146. The van der Waals surface area contributed by atoms with Gasteiger partial charge >= 0.3 is 5.97 Å². The largest absolute Gasteiger partial charge is 0.481 e. The average Bonchev–Trinajstić information content (AvgIpc) is 2.94. The summed E-state index contributed by atoms with van der Waals surface area (Å²) in [6.07, 6.45) is 3.00. The summed E-state index contributed by atoms with van der Waals surface area (Å²) >= 11 is 0. The maximum atomic E-state index is 12.7. The highest BCUT2D eigenvalue weighted by molar-refractivity contribution is 5.97. The number of amides is 1. The number of fused-ring (bicyclic) bond motifs is 2. The highest BCUT2D eigenvalue weighted by Gasteiger charge is 2.59. The second kappa shape index (κ2) is 4.95. The number of carbonyl (C=O) groups excluding carboxylic acids is 1. The number of carboxylic acids is 1. The Bertz CT molecular complexity index is 681. The van der Waals surface area contributed by atoms with E-state index in [-0.39, 0.29) is 5.91 Å². The average molecular weight is 301 g/mol. The number of aliphatic carboxylic acids is 1. The van der Waals surface area contributed by atoms with E-state index in [2.05, 4.69) is 5.32 Å². The van der Waals surface area contributed by atoms with Crippen molar-refractivity contribution >= 4 is 17.6 Å². The molecule has 22 heavy (non-hydrogen) atoms. The molecule has 2 bridgehead atoms. The lowest BCUT2D eigenvalue weighted by Crippen LogP contribution is -2.44. The summed E-state index contributed by atoms with van der Waals surface area (Å²) in [5, 5.41) is 12.3. The summed E-state index contributed by atoms with van der Waals surface area (Å²) in [7, 11) is 0. The van der Waals surface area contributed by atoms with E-state index in [0.29, 0.717) is 5.69 Å². The summed E-state index contributed by atoms with van der Waals surface area (Å²) in [4.78, 5) is 24.2. The van der Waals surface area contributed by atoms with Crippen LogP contribution in [0.25, 0.3) is 0 Å². The molecule has 0 saturated carbocycles. The maximum absolute atomic E-state index is 12.7. The second-order valence-electron chi connectivity index (χ2n) is 6.27. The SMILES string of the molecule is Cc1ccc(NC(=O)[C@@H]2[C@H](C(=O)O)[C@H]3C=C[C@@]2(C)O3)c(C)c1. The van der Waals surface area contributed by atoms with Gasteiger partial charge in [0.2, 0.25) is 5.91 Å². The van der Waals surface area contributed by atoms with Crippen LogP contribution in [0.15, 0.2) is 30.4 Å². The van der Waals surface area contributed by atoms with Crippen LogP contribution in [0, 0.1) is 25.7 Å². The minimum absolute atomic E-state index is 0.311. The number of carboxylic acid groups (broad SMARTS) is 1. The predicted molar refractivity (Wildman–Crippen MR) is 81.6 cm³/mol. The van der Waals surface area contributed by atoms with Gasteiger partial charge in [0.05, 0.1) is 17.6 Å². The van der Waals surface area contributed by atoms with Crippen LogP contribution in [-0.2, 0) is 14.3 Å². The van der Waals surface area contributed by atoms with E-state index in [1.54, 1.807) is 19.1 Å². The minimum Gasteiger partial charge on any atom is -0.481 e. The Morgan fingerprint density at radius 3 is 2.68 bits per heavy atom. The number of hydrogen-bond acceptors (Lipinski definition) is 3. The van der Waals surface area contributed by atoms with E-state index >= 15 is 0 Å². The number of rotatable bonds is 3. The van der Waals surface area contributed by atoms with Crippen molar-refractivity contribution in [1.29, 1.82) is 0 Å². The molecule has 0 aliphatic carbocycles. The van der Waals surface area contributed by atoms with Crippen LogP contribution in [0.2, 0.25) is 0 Å². The zero-order valence-electron chi connectivity index (χ0n) is 12.8. The molecule has 1 aromatic carbocycles. The fraction of sp³-hybridized carbons (Fsp3) is 0.412. The van der Waals surface area contributed by atoms with E-state index < -0.39 is 29.5 Å². The van der Waals surface area contributed by atoms with Crippen LogP contribution >= 0.6 is 0 Å². The molecule has 5 nitrogen and oxygen atoms in total. The fourth-order valence-corrected chi connectivity index (χ4v) is 3.44. The first-order valence-electron chi connectivity index (χ1n) is 7.30. The number of nitrogens with one attached hydrogen (secondary N) is 1. The zero-order valence-corrected chi connectivity index (χ0v) is 12.8. The molecule has 3 rings (SSSR count). The van der Waals surface area contributed by atoms with E-state index in [9.17, 15) is 14.7 Å². The molecule has 5 heteroatoms. The highest BCUT2D eigenvalue weighted by Crippen LogP contribution is 2.47. The molecular formula is C17H19NO4. The van der Waals surface area contributed by atoms with Crippen molar-refractivity contribution in [3.05, 3.63) is 41.5 Å². The molecule has 0 unspecified atom stereocenters.